The molecule has 0 aliphatic heterocycles. The highest BCUT2D eigenvalue weighted by atomic mass is 32.1. The predicted octanol–water partition coefficient (Wildman–Crippen LogP) is 5.49. The van der Waals surface area contributed by atoms with E-state index >= 15 is 0 Å². The van der Waals surface area contributed by atoms with E-state index in [0.717, 1.165) is 48.6 Å². The number of hydrogen-bond acceptors (Lipinski definition) is 6. The SMILES string of the molecule is CC(=O)c1ccc(-c2ccnc3nc(-c4n[nH]c5ccc(-c6cccnc6)cc45)[nH]c23)s1. The third kappa shape index (κ3) is 3.00. The Labute approximate surface area is 186 Å². The average molecular weight is 437 g/mol. The zero-order valence-corrected chi connectivity index (χ0v) is 17.8. The van der Waals surface area contributed by atoms with Crippen LogP contribution in [0.2, 0.25) is 0 Å². The third-order valence-corrected chi connectivity index (χ3v) is 6.61. The molecule has 0 saturated heterocycles. The zero-order valence-electron chi connectivity index (χ0n) is 17.0. The number of fused-ring (bicyclic) bond motifs is 2. The van der Waals surface area contributed by atoms with Crippen LogP contribution in [-0.2, 0) is 0 Å². The number of aromatic nitrogens is 6. The standard InChI is InChI=1S/C24H16N6OS/c1-13(31)19-6-7-20(32-19)16-8-10-26-23-21(16)27-24(28-23)22-17-11-14(4-5-18(17)29-30-22)15-3-2-9-25-12-15/h2-12H,1H3,(H,29,30)(H,26,27,28). The highest BCUT2D eigenvalue weighted by molar-refractivity contribution is 7.17. The molecule has 5 heterocycles. The number of hydrogen-bond donors (Lipinski definition) is 2. The van der Waals surface area contributed by atoms with E-state index in [1.807, 2.05) is 48.7 Å². The van der Waals surface area contributed by atoms with Crippen LogP contribution in [0.3, 0.4) is 0 Å². The molecule has 6 rings (SSSR count). The Hall–Kier alpha value is -4.17. The van der Waals surface area contributed by atoms with Crippen molar-refractivity contribution in [3.05, 3.63) is 72.0 Å². The summed E-state index contributed by atoms with van der Waals surface area (Å²) in [6.45, 7) is 1.58. The van der Waals surface area contributed by atoms with Crippen molar-refractivity contribution in [3.63, 3.8) is 0 Å². The maximum Gasteiger partial charge on any atom is 0.178 e. The van der Waals surface area contributed by atoms with E-state index in [1.165, 1.54) is 11.3 Å². The summed E-state index contributed by atoms with van der Waals surface area (Å²) in [5, 5.41) is 8.57. The molecule has 5 aromatic heterocycles. The summed E-state index contributed by atoms with van der Waals surface area (Å²) in [4.78, 5) is 30.2. The number of H-pyrrole nitrogens is 2. The Morgan fingerprint density at radius 3 is 2.78 bits per heavy atom. The van der Waals surface area contributed by atoms with Crippen LogP contribution in [-0.4, -0.2) is 35.9 Å². The molecule has 154 valence electrons. The van der Waals surface area contributed by atoms with Crippen molar-refractivity contribution >= 4 is 39.2 Å². The second-order valence-corrected chi connectivity index (χ2v) is 8.52. The zero-order chi connectivity index (χ0) is 21.7. The van der Waals surface area contributed by atoms with Crippen LogP contribution in [0, 0.1) is 0 Å². The summed E-state index contributed by atoms with van der Waals surface area (Å²) in [6, 6.07) is 15.8. The van der Waals surface area contributed by atoms with Crippen LogP contribution < -0.4 is 0 Å². The number of thiophene rings is 1. The summed E-state index contributed by atoms with van der Waals surface area (Å²) in [5.74, 6) is 0.696. The molecule has 7 nitrogen and oxygen atoms in total. The third-order valence-electron chi connectivity index (χ3n) is 5.39. The van der Waals surface area contributed by atoms with Gasteiger partial charge in [0.25, 0.3) is 0 Å². The van der Waals surface area contributed by atoms with E-state index in [-0.39, 0.29) is 5.78 Å². The molecule has 2 N–H and O–H groups in total. The van der Waals surface area contributed by atoms with Gasteiger partial charge >= 0.3 is 0 Å². The van der Waals surface area contributed by atoms with E-state index in [0.29, 0.717) is 11.5 Å². The number of ketones is 1. The van der Waals surface area contributed by atoms with Gasteiger partial charge in [-0.2, -0.15) is 5.10 Å². The molecule has 0 amide bonds. The molecule has 0 atom stereocenters. The normalized spacial score (nSPS) is 11.4. The Bertz CT molecular complexity index is 1610. The second-order valence-electron chi connectivity index (χ2n) is 7.44. The van der Waals surface area contributed by atoms with E-state index < -0.39 is 0 Å². The molecular formula is C24H16N6OS. The van der Waals surface area contributed by atoms with Gasteiger partial charge in [-0.15, -0.1) is 11.3 Å². The highest BCUT2D eigenvalue weighted by Crippen LogP contribution is 2.35. The van der Waals surface area contributed by atoms with Crippen molar-refractivity contribution < 1.29 is 4.79 Å². The molecule has 6 aromatic rings. The number of imidazole rings is 1. The lowest BCUT2D eigenvalue weighted by Crippen LogP contribution is -1.83. The molecule has 0 aliphatic rings. The van der Waals surface area contributed by atoms with Gasteiger partial charge in [0, 0.05) is 40.0 Å². The van der Waals surface area contributed by atoms with Crippen LogP contribution >= 0.6 is 11.3 Å². The van der Waals surface area contributed by atoms with Crippen LogP contribution in [0.15, 0.2) is 67.1 Å². The molecule has 0 fully saturated rings. The first-order valence-corrected chi connectivity index (χ1v) is 10.8. The van der Waals surface area contributed by atoms with Crippen molar-refractivity contribution in [1.82, 2.24) is 30.1 Å². The first-order valence-electron chi connectivity index (χ1n) is 10.0. The van der Waals surface area contributed by atoms with Gasteiger partial charge in [0.05, 0.1) is 15.9 Å². The van der Waals surface area contributed by atoms with Crippen molar-refractivity contribution in [1.29, 1.82) is 0 Å². The van der Waals surface area contributed by atoms with Crippen molar-refractivity contribution in [2.45, 2.75) is 6.92 Å². The first-order chi connectivity index (χ1) is 15.7. The predicted molar refractivity (Wildman–Crippen MR) is 126 cm³/mol. The fourth-order valence-corrected chi connectivity index (χ4v) is 4.74. The fourth-order valence-electron chi connectivity index (χ4n) is 3.81. The molecule has 0 radical (unpaired) electrons. The molecule has 0 aliphatic carbocycles. The number of rotatable bonds is 4. The van der Waals surface area contributed by atoms with E-state index in [2.05, 4.69) is 31.2 Å². The molecule has 0 saturated carbocycles. The minimum Gasteiger partial charge on any atom is -0.335 e. The monoisotopic (exact) mass is 436 g/mol. The number of benzene rings is 1. The minimum atomic E-state index is 0.0595. The van der Waals surface area contributed by atoms with Gasteiger partial charge in [-0.1, -0.05) is 12.1 Å². The highest BCUT2D eigenvalue weighted by Gasteiger charge is 2.17. The summed E-state index contributed by atoms with van der Waals surface area (Å²) in [6.07, 6.45) is 5.34. The molecule has 0 bridgehead atoms. The maximum absolute atomic E-state index is 11.7. The summed E-state index contributed by atoms with van der Waals surface area (Å²) < 4.78 is 0. The number of pyridine rings is 2. The number of aromatic amines is 2. The minimum absolute atomic E-state index is 0.0595. The van der Waals surface area contributed by atoms with Crippen molar-refractivity contribution in [2.24, 2.45) is 0 Å². The summed E-state index contributed by atoms with van der Waals surface area (Å²) in [5.41, 5.74) is 6.12. The van der Waals surface area contributed by atoms with E-state index in [1.54, 1.807) is 19.3 Å². The molecule has 0 unspecified atom stereocenters. The Morgan fingerprint density at radius 2 is 1.97 bits per heavy atom. The van der Waals surface area contributed by atoms with Crippen LogP contribution in [0.25, 0.3) is 55.2 Å². The molecule has 1 aromatic carbocycles. The quantitative estimate of drug-likeness (QED) is 0.356. The topological polar surface area (TPSA) is 100 Å². The molecular weight excluding hydrogens is 420 g/mol. The largest absolute Gasteiger partial charge is 0.335 e. The van der Waals surface area contributed by atoms with Gasteiger partial charge in [0.15, 0.2) is 17.3 Å². The van der Waals surface area contributed by atoms with Crippen molar-refractivity contribution in [3.8, 4) is 33.1 Å². The van der Waals surface area contributed by atoms with Gasteiger partial charge in [0.2, 0.25) is 0 Å². The van der Waals surface area contributed by atoms with E-state index in [9.17, 15) is 4.79 Å². The van der Waals surface area contributed by atoms with Crippen LogP contribution in [0.4, 0.5) is 0 Å². The van der Waals surface area contributed by atoms with Gasteiger partial charge in [-0.05, 0) is 48.9 Å². The van der Waals surface area contributed by atoms with Crippen LogP contribution in [0.5, 0.6) is 0 Å². The fraction of sp³-hybridized carbons (Fsp3) is 0.0417. The molecule has 8 heteroatoms. The smallest absolute Gasteiger partial charge is 0.178 e. The van der Waals surface area contributed by atoms with E-state index in [4.69, 9.17) is 4.98 Å². The summed E-state index contributed by atoms with van der Waals surface area (Å²) >= 11 is 1.46. The number of nitrogens with one attached hydrogen (secondary N) is 2. The van der Waals surface area contributed by atoms with Gasteiger partial charge in [0.1, 0.15) is 5.69 Å². The van der Waals surface area contributed by atoms with Gasteiger partial charge in [-0.3, -0.25) is 14.9 Å². The van der Waals surface area contributed by atoms with Crippen molar-refractivity contribution in [2.75, 3.05) is 0 Å². The average Bonchev–Trinajstić information content (AvgIpc) is 3.56. The number of carbonyl (C=O) groups is 1. The second kappa shape index (κ2) is 7.21. The lowest BCUT2D eigenvalue weighted by Gasteiger charge is -2.01. The lowest BCUT2D eigenvalue weighted by atomic mass is 10.0. The Kier molecular flexibility index (Phi) is 4.19. The van der Waals surface area contributed by atoms with Gasteiger partial charge < -0.3 is 4.98 Å². The Morgan fingerprint density at radius 1 is 1.03 bits per heavy atom. The first kappa shape index (κ1) is 18.6. The molecule has 32 heavy (non-hydrogen) atoms. The van der Waals surface area contributed by atoms with Gasteiger partial charge in [-0.25, -0.2) is 9.97 Å². The Balaban J connectivity index is 1.49. The number of Topliss-reactive ketones (excluding diaryl/α,β-unsaturated/α-hetero) is 1. The number of carbonyl (C=O) groups excluding carboxylic acids is 1. The van der Waals surface area contributed by atoms with Crippen LogP contribution in [0.1, 0.15) is 16.6 Å². The maximum atomic E-state index is 11.7. The lowest BCUT2D eigenvalue weighted by molar-refractivity contribution is 0.102. The summed E-state index contributed by atoms with van der Waals surface area (Å²) in [7, 11) is 0. The number of nitrogens with zero attached hydrogens (tertiary/aromatic N) is 4. The molecule has 0 spiro atoms.